The lowest BCUT2D eigenvalue weighted by molar-refractivity contribution is -0.228. The third kappa shape index (κ3) is 2.66. The molecule has 0 bridgehead atoms. The average molecular weight is 433 g/mol. The van der Waals surface area contributed by atoms with E-state index in [1.165, 1.54) is 0 Å². The maximum atomic E-state index is 15.6. The van der Waals surface area contributed by atoms with Gasteiger partial charge in [-0.15, -0.1) is 0 Å². The number of carbonyl (C=O) groups excluding carboxylic acids is 1. The smallest absolute Gasteiger partial charge is 0.254 e. The third-order valence-electron chi connectivity index (χ3n) is 8.87. The van der Waals surface area contributed by atoms with E-state index in [2.05, 4.69) is 15.9 Å². The number of carbonyl (C=O) groups is 1. The minimum Gasteiger partial charge on any atom is -0.390 e. The van der Waals surface area contributed by atoms with Crippen molar-refractivity contribution in [1.82, 2.24) is 0 Å². The van der Waals surface area contributed by atoms with Crippen LogP contribution in [0.4, 0.5) is 8.78 Å². The monoisotopic (exact) mass is 432 g/mol. The SMILES string of the molecule is C[C@@]1(O)CC[C@H]2[C@H](CC[C@@H]3[C@@H]2CC(F)(F)[C@]2(C)[C@@H](C(=O)CBr)CC[C@@H]32)C1. The van der Waals surface area contributed by atoms with Gasteiger partial charge in [0.1, 0.15) is 5.78 Å². The van der Waals surface area contributed by atoms with Crippen LogP contribution in [-0.4, -0.2) is 27.7 Å². The molecular weight excluding hydrogens is 402 g/mol. The lowest BCUT2D eigenvalue weighted by atomic mass is 9.47. The molecule has 0 aliphatic heterocycles. The summed E-state index contributed by atoms with van der Waals surface area (Å²) < 4.78 is 31.1. The fraction of sp³-hybridized carbons (Fsp3) is 0.952. The summed E-state index contributed by atoms with van der Waals surface area (Å²) in [4.78, 5) is 12.4. The van der Waals surface area contributed by atoms with E-state index in [0.29, 0.717) is 24.2 Å². The molecule has 4 saturated carbocycles. The molecule has 8 atom stereocenters. The van der Waals surface area contributed by atoms with Gasteiger partial charge in [0.25, 0.3) is 5.92 Å². The van der Waals surface area contributed by atoms with Crippen molar-refractivity contribution in [1.29, 1.82) is 0 Å². The van der Waals surface area contributed by atoms with Crippen molar-refractivity contribution < 1.29 is 18.7 Å². The molecule has 1 N–H and O–H groups in total. The Hall–Kier alpha value is -0.0300. The summed E-state index contributed by atoms with van der Waals surface area (Å²) in [6.07, 6.45) is 5.75. The normalized spacial score (nSPS) is 52.7. The highest BCUT2D eigenvalue weighted by Crippen LogP contribution is 2.69. The molecule has 0 amide bonds. The van der Waals surface area contributed by atoms with Crippen LogP contribution in [0.1, 0.15) is 65.2 Å². The second-order valence-electron chi connectivity index (χ2n) is 10.1. The van der Waals surface area contributed by atoms with E-state index in [-0.39, 0.29) is 29.4 Å². The van der Waals surface area contributed by atoms with Gasteiger partial charge in [0.15, 0.2) is 0 Å². The molecule has 0 radical (unpaired) electrons. The van der Waals surface area contributed by atoms with Crippen LogP contribution in [0.25, 0.3) is 0 Å². The summed E-state index contributed by atoms with van der Waals surface area (Å²) in [5.74, 6) is -2.25. The molecule has 0 heterocycles. The van der Waals surface area contributed by atoms with Crippen LogP contribution in [0.5, 0.6) is 0 Å². The maximum absolute atomic E-state index is 15.6. The van der Waals surface area contributed by atoms with Crippen LogP contribution in [0, 0.1) is 40.9 Å². The van der Waals surface area contributed by atoms with E-state index in [4.69, 9.17) is 0 Å². The molecule has 0 unspecified atom stereocenters. The minimum atomic E-state index is -2.78. The Morgan fingerprint density at radius 2 is 1.77 bits per heavy atom. The van der Waals surface area contributed by atoms with Gasteiger partial charge in [0, 0.05) is 17.8 Å². The molecule has 0 aromatic rings. The third-order valence-corrected chi connectivity index (χ3v) is 9.42. The number of fused-ring (bicyclic) bond motifs is 5. The largest absolute Gasteiger partial charge is 0.390 e. The fourth-order valence-electron chi connectivity index (χ4n) is 7.65. The van der Waals surface area contributed by atoms with Gasteiger partial charge in [0.05, 0.1) is 10.9 Å². The van der Waals surface area contributed by atoms with Crippen molar-refractivity contribution in [3.63, 3.8) is 0 Å². The molecule has 0 aromatic heterocycles. The molecule has 0 aromatic carbocycles. The van der Waals surface area contributed by atoms with Gasteiger partial charge >= 0.3 is 0 Å². The lowest BCUT2D eigenvalue weighted by Crippen LogP contribution is -2.59. The van der Waals surface area contributed by atoms with E-state index in [1.54, 1.807) is 6.92 Å². The fourth-order valence-corrected chi connectivity index (χ4v) is 8.04. The van der Waals surface area contributed by atoms with Gasteiger partial charge in [-0.2, -0.15) is 0 Å². The molecule has 0 saturated heterocycles. The highest BCUT2D eigenvalue weighted by molar-refractivity contribution is 9.09. The number of alkyl halides is 3. The van der Waals surface area contributed by atoms with Crippen LogP contribution in [0.15, 0.2) is 0 Å². The van der Waals surface area contributed by atoms with E-state index in [9.17, 15) is 9.90 Å². The topological polar surface area (TPSA) is 37.3 Å². The van der Waals surface area contributed by atoms with Gasteiger partial charge in [0.2, 0.25) is 0 Å². The number of aliphatic hydroxyl groups is 1. The van der Waals surface area contributed by atoms with Gasteiger partial charge in [-0.25, -0.2) is 8.78 Å². The molecule has 4 rings (SSSR count). The summed E-state index contributed by atoms with van der Waals surface area (Å²) >= 11 is 3.21. The van der Waals surface area contributed by atoms with Crippen molar-refractivity contribution in [2.75, 3.05) is 5.33 Å². The number of Topliss-reactive ketones (excluding diaryl/α,β-unsaturated/α-hetero) is 1. The van der Waals surface area contributed by atoms with Gasteiger partial charge in [-0.1, -0.05) is 22.9 Å². The van der Waals surface area contributed by atoms with Crippen LogP contribution >= 0.6 is 15.9 Å². The Labute approximate surface area is 163 Å². The lowest BCUT2D eigenvalue weighted by Gasteiger charge is -2.59. The molecular formula is C21H31BrF2O2. The van der Waals surface area contributed by atoms with Crippen molar-refractivity contribution in [3.8, 4) is 0 Å². The van der Waals surface area contributed by atoms with Gasteiger partial charge in [-0.3, -0.25) is 4.79 Å². The molecule has 2 nitrogen and oxygen atoms in total. The Balaban J connectivity index is 1.64. The number of rotatable bonds is 2. The summed E-state index contributed by atoms with van der Waals surface area (Å²) in [5.41, 5.74) is -1.80. The molecule has 0 spiro atoms. The van der Waals surface area contributed by atoms with E-state index < -0.39 is 22.9 Å². The van der Waals surface area contributed by atoms with E-state index >= 15 is 8.78 Å². The number of hydrogen-bond acceptors (Lipinski definition) is 2. The number of ketones is 1. The van der Waals surface area contributed by atoms with Gasteiger partial charge < -0.3 is 5.11 Å². The molecule has 5 heteroatoms. The summed E-state index contributed by atoms with van der Waals surface area (Å²) in [6.45, 7) is 3.61. The van der Waals surface area contributed by atoms with Crippen molar-refractivity contribution >= 4 is 21.7 Å². The standard InChI is InChI=1S/C21H31BrF2O2/c1-19(26)8-7-13-12(9-19)3-4-14-15(13)10-21(23,24)20(2)16(14)5-6-17(20)18(25)11-22/h12-17,26H,3-11H2,1-2H3/t12-,13+,14-,15-,16+,17-,19-,20+/m1/s1. The first-order valence-electron chi connectivity index (χ1n) is 10.3. The van der Waals surface area contributed by atoms with Crippen LogP contribution < -0.4 is 0 Å². The average Bonchev–Trinajstić information content (AvgIpc) is 2.92. The molecule has 148 valence electrons. The zero-order chi connectivity index (χ0) is 18.9. The summed E-state index contributed by atoms with van der Waals surface area (Å²) in [6, 6.07) is 0. The Morgan fingerprint density at radius 3 is 2.46 bits per heavy atom. The predicted octanol–water partition coefficient (Wildman–Crippen LogP) is 5.22. The number of halogens is 3. The van der Waals surface area contributed by atoms with Gasteiger partial charge in [-0.05, 0) is 81.5 Å². The quantitative estimate of drug-likeness (QED) is 0.607. The predicted molar refractivity (Wildman–Crippen MR) is 100 cm³/mol. The van der Waals surface area contributed by atoms with Crippen LogP contribution in [0.2, 0.25) is 0 Å². The molecule has 4 aliphatic carbocycles. The van der Waals surface area contributed by atoms with E-state index in [0.717, 1.165) is 38.5 Å². The Kier molecular flexibility index (Phi) is 4.63. The van der Waals surface area contributed by atoms with Crippen molar-refractivity contribution in [2.24, 2.45) is 40.9 Å². The second-order valence-corrected chi connectivity index (χ2v) is 10.7. The zero-order valence-electron chi connectivity index (χ0n) is 15.8. The highest BCUT2D eigenvalue weighted by atomic mass is 79.9. The van der Waals surface area contributed by atoms with Crippen molar-refractivity contribution in [2.45, 2.75) is 76.7 Å². The van der Waals surface area contributed by atoms with Crippen LogP contribution in [0.3, 0.4) is 0 Å². The molecule has 4 aliphatic rings. The maximum Gasteiger partial charge on any atom is 0.254 e. The van der Waals surface area contributed by atoms with E-state index in [1.807, 2.05) is 6.92 Å². The van der Waals surface area contributed by atoms with Crippen molar-refractivity contribution in [3.05, 3.63) is 0 Å². The molecule has 4 fully saturated rings. The zero-order valence-corrected chi connectivity index (χ0v) is 17.4. The first kappa shape index (κ1) is 19.3. The minimum absolute atomic E-state index is 0.0346. The number of hydrogen-bond donors (Lipinski definition) is 1. The second kappa shape index (κ2) is 6.23. The summed E-state index contributed by atoms with van der Waals surface area (Å²) in [5, 5.41) is 10.6. The Morgan fingerprint density at radius 1 is 1.04 bits per heavy atom. The highest BCUT2D eigenvalue weighted by Gasteiger charge is 2.69. The first-order valence-corrected chi connectivity index (χ1v) is 11.4. The summed E-state index contributed by atoms with van der Waals surface area (Å²) in [7, 11) is 0. The Bertz CT molecular complexity index is 593. The first-order chi connectivity index (χ1) is 12.1. The molecule has 26 heavy (non-hydrogen) atoms. The van der Waals surface area contributed by atoms with Crippen LogP contribution in [-0.2, 0) is 4.79 Å².